The topological polar surface area (TPSA) is 20.2 Å². The van der Waals surface area contributed by atoms with Gasteiger partial charge in [0.05, 0.1) is 0 Å². The van der Waals surface area contributed by atoms with Gasteiger partial charge in [-0.3, -0.25) is 0 Å². The first-order valence-corrected chi connectivity index (χ1v) is 3.45. The van der Waals surface area contributed by atoms with Crippen molar-refractivity contribution in [3.05, 3.63) is 0 Å². The van der Waals surface area contributed by atoms with Crippen LogP contribution >= 0.6 is 0 Å². The summed E-state index contributed by atoms with van der Waals surface area (Å²) in [6, 6.07) is 0. The van der Waals surface area contributed by atoms with E-state index in [4.69, 9.17) is 5.11 Å². The average molecular weight is 70.1 g/mol. The van der Waals surface area contributed by atoms with Gasteiger partial charge in [0, 0.05) is 7.11 Å². The van der Waals surface area contributed by atoms with Gasteiger partial charge in [-0.25, -0.2) is 0 Å². The van der Waals surface area contributed by atoms with Crippen LogP contribution < -0.4 is 0 Å². The zero-order valence-electron chi connectivity index (χ0n) is 3.45. The molecule has 0 heterocycles. The van der Waals surface area contributed by atoms with Gasteiger partial charge in [-0.1, -0.05) is 0 Å². The van der Waals surface area contributed by atoms with Crippen molar-refractivity contribution in [2.75, 3.05) is 7.11 Å². The Balaban J connectivity index is 0. The molecule has 4 heavy (non-hydrogen) atoms. The second-order valence-electron chi connectivity index (χ2n) is 0. The van der Waals surface area contributed by atoms with E-state index in [1.807, 2.05) is 0 Å². The zero-order valence-corrected chi connectivity index (χ0v) is 5.45. The molecule has 0 fully saturated rings. The maximum atomic E-state index is 7.00. The van der Waals surface area contributed by atoms with Crippen molar-refractivity contribution in [1.82, 2.24) is 0 Å². The van der Waals surface area contributed by atoms with Gasteiger partial charge in [0.15, 0.2) is 0 Å². The molecule has 0 saturated heterocycles. The van der Waals surface area contributed by atoms with E-state index in [0.717, 1.165) is 7.11 Å². The third-order valence-electron chi connectivity index (χ3n) is 0. The fourth-order valence-corrected chi connectivity index (χ4v) is 0. The molecular weight excluding hydrogens is 63.0 g/mol. The van der Waals surface area contributed by atoms with Crippen LogP contribution in [0.3, 0.4) is 0 Å². The Morgan fingerprint density at radius 3 is 1.25 bits per heavy atom. The van der Waals surface area contributed by atoms with Gasteiger partial charge in [0.1, 0.15) is 0 Å². The molecule has 0 aliphatic heterocycles. The summed E-state index contributed by atoms with van der Waals surface area (Å²) in [5, 5.41) is 7.00. The van der Waals surface area contributed by atoms with E-state index >= 15 is 0 Å². The van der Waals surface area contributed by atoms with Gasteiger partial charge < -0.3 is 5.11 Å². The maximum absolute atomic E-state index is 7.00. The third kappa shape index (κ3) is 12.3. The Kier molecular flexibility index (Phi) is 83.6. The Labute approximate surface area is 44.4 Å². The van der Waals surface area contributed by atoms with E-state index in [2.05, 4.69) is 4.17 Å². The molecule has 0 aliphatic rings. The molecule has 0 aromatic carbocycles. The summed E-state index contributed by atoms with van der Waals surface area (Å²) in [6.07, 6.45) is 0. The molecule has 0 aromatic heterocycles. The summed E-state index contributed by atoms with van der Waals surface area (Å²) in [5.41, 5.74) is 0. The quantitative estimate of drug-likeness (QED) is 0.392. The first-order chi connectivity index (χ1) is 2.00. The van der Waals surface area contributed by atoms with Gasteiger partial charge in [0.2, 0.25) is 0 Å². The minimum absolute atomic E-state index is 1.00. The van der Waals surface area contributed by atoms with Crippen LogP contribution in [-0.4, -0.2) is 40.1 Å². The number of hydrogen-bond acceptors (Lipinski definition) is 1. The van der Waals surface area contributed by atoms with E-state index in [9.17, 15) is 0 Å². The van der Waals surface area contributed by atoms with Crippen molar-refractivity contribution < 1.29 is 5.11 Å². The van der Waals surface area contributed by atoms with Gasteiger partial charge in [0.25, 0.3) is 0 Å². The van der Waals surface area contributed by atoms with E-state index in [1.165, 1.54) is 27.9 Å². The Morgan fingerprint density at radius 2 is 1.25 bits per heavy atom. The molecule has 0 radical (unpaired) electrons. The summed E-state index contributed by atoms with van der Waals surface area (Å²) in [4.78, 5) is 0. The van der Waals surface area contributed by atoms with Crippen LogP contribution in [0.1, 0.15) is 0 Å². The van der Waals surface area contributed by atoms with Gasteiger partial charge in [-0.2, -0.15) is 0 Å². The van der Waals surface area contributed by atoms with Gasteiger partial charge in [-0.05, 0) is 0 Å². The van der Waals surface area contributed by atoms with E-state index in [1.54, 1.807) is 0 Å². The third-order valence-corrected chi connectivity index (χ3v) is 0. The standard InChI is InChI=1S/CH4O.CH3.Na/c1-2;;/h2H,1H3;1H3;. The Hall–Kier alpha value is 0.960. The second-order valence-corrected chi connectivity index (χ2v) is 0. The summed E-state index contributed by atoms with van der Waals surface area (Å²) in [6.45, 7) is 0. The zero-order chi connectivity index (χ0) is 4.00. The number of aliphatic hydroxyl groups excluding tert-OH is 1. The molecule has 2 heteroatoms. The first kappa shape index (κ1) is 8.88. The molecule has 1 N–H and O–H groups in total. The molecule has 0 rings (SSSR count). The van der Waals surface area contributed by atoms with Crippen LogP contribution in [0.25, 0.3) is 0 Å². The SMILES string of the molecule is CO.[CH3][Na]. The van der Waals surface area contributed by atoms with Crippen molar-refractivity contribution in [2.24, 2.45) is 0 Å². The molecule has 1 nitrogen and oxygen atoms in total. The van der Waals surface area contributed by atoms with E-state index in [0.29, 0.717) is 0 Å². The van der Waals surface area contributed by atoms with Crippen molar-refractivity contribution >= 4 is 27.9 Å². The number of aliphatic hydroxyl groups is 1. The summed E-state index contributed by atoms with van der Waals surface area (Å²) in [7, 11) is 1.00. The van der Waals surface area contributed by atoms with Crippen LogP contribution in [0.4, 0.5) is 0 Å². The molecule has 0 saturated carbocycles. The molecular formula is C2H7NaO. The molecule has 0 aromatic rings. The summed E-state index contributed by atoms with van der Waals surface area (Å²) >= 11 is 1.31. The van der Waals surface area contributed by atoms with Crippen molar-refractivity contribution in [3.8, 4) is 0 Å². The number of hydrogen-bond donors (Lipinski definition) is 1. The predicted molar refractivity (Wildman–Crippen MR) is 19.8 cm³/mol. The fraction of sp³-hybridized carbons (Fsp3) is 1.00. The van der Waals surface area contributed by atoms with Crippen LogP contribution in [0.15, 0.2) is 0 Å². The second kappa shape index (κ2) is 37.6. The van der Waals surface area contributed by atoms with Gasteiger partial charge in [-0.15, -0.1) is 0 Å². The van der Waals surface area contributed by atoms with Gasteiger partial charge >= 0.3 is 32.1 Å². The fourth-order valence-electron chi connectivity index (χ4n) is 0. The molecule has 0 bridgehead atoms. The average Bonchev–Trinajstić information content (AvgIpc) is 1.50. The predicted octanol–water partition coefficient (Wildman–Crippen LogP) is -0.189. The van der Waals surface area contributed by atoms with Crippen LogP contribution in [-0.2, 0) is 0 Å². The molecule has 0 atom stereocenters. The van der Waals surface area contributed by atoms with E-state index < -0.39 is 0 Å². The number of rotatable bonds is 0. The molecule has 0 aliphatic carbocycles. The summed E-state index contributed by atoms with van der Waals surface area (Å²) < 4.78 is 2.14. The molecule has 0 spiro atoms. The molecule has 22 valence electrons. The normalized spacial score (nSPS) is 3.25. The van der Waals surface area contributed by atoms with Crippen LogP contribution in [0.2, 0.25) is 4.17 Å². The molecule has 0 amide bonds. The van der Waals surface area contributed by atoms with Crippen LogP contribution in [0, 0.1) is 0 Å². The van der Waals surface area contributed by atoms with Crippen molar-refractivity contribution in [2.45, 2.75) is 4.17 Å². The van der Waals surface area contributed by atoms with Crippen LogP contribution in [0.5, 0.6) is 0 Å². The first-order valence-electron chi connectivity index (χ1n) is 1.45. The van der Waals surface area contributed by atoms with Crippen molar-refractivity contribution in [3.63, 3.8) is 0 Å². The monoisotopic (exact) mass is 70.0 g/mol. The Bertz CT molecular complexity index is 6.00. The molecule has 0 unspecified atom stereocenters. The van der Waals surface area contributed by atoms with E-state index in [-0.39, 0.29) is 0 Å². The summed E-state index contributed by atoms with van der Waals surface area (Å²) in [5.74, 6) is 0. The van der Waals surface area contributed by atoms with Crippen molar-refractivity contribution in [1.29, 1.82) is 0 Å². The Morgan fingerprint density at radius 1 is 1.25 bits per heavy atom. The minimum atomic E-state index is 1.00.